The Morgan fingerprint density at radius 2 is 1.80 bits per heavy atom. The predicted octanol–water partition coefficient (Wildman–Crippen LogP) is 2.95. The molecule has 0 unspecified atom stereocenters. The smallest absolute Gasteiger partial charge is 0.221 e. The van der Waals surface area contributed by atoms with Gasteiger partial charge in [-0.25, -0.2) is 4.39 Å². The lowest BCUT2D eigenvalue weighted by molar-refractivity contribution is -0.121. The summed E-state index contributed by atoms with van der Waals surface area (Å²) < 4.78 is 13.4. The van der Waals surface area contributed by atoms with E-state index in [1.165, 1.54) is 6.07 Å². The van der Waals surface area contributed by atoms with Crippen LogP contribution in [0.25, 0.3) is 0 Å². The van der Waals surface area contributed by atoms with Gasteiger partial charge in [0, 0.05) is 25.1 Å². The van der Waals surface area contributed by atoms with E-state index in [1.807, 2.05) is 0 Å². The summed E-state index contributed by atoms with van der Waals surface area (Å²) >= 11 is 0. The summed E-state index contributed by atoms with van der Waals surface area (Å²) in [6, 6.07) is 6.52. The number of carbonyl (C=O) groups excluding carboxylic acids is 1. The van der Waals surface area contributed by atoms with Crippen LogP contribution in [0.4, 0.5) is 4.39 Å². The average Bonchev–Trinajstić information content (AvgIpc) is 2.44. The first-order valence-corrected chi connectivity index (χ1v) is 7.39. The van der Waals surface area contributed by atoms with Crippen LogP contribution in [0.5, 0.6) is 0 Å². The number of hydrogen-bond acceptors (Lipinski definition) is 2. The molecule has 0 aliphatic carbocycles. The van der Waals surface area contributed by atoms with Crippen LogP contribution in [0.3, 0.4) is 0 Å². The van der Waals surface area contributed by atoms with Crippen molar-refractivity contribution in [2.24, 2.45) is 0 Å². The van der Waals surface area contributed by atoms with E-state index in [-0.39, 0.29) is 18.3 Å². The predicted molar refractivity (Wildman–Crippen MR) is 79.9 cm³/mol. The minimum atomic E-state index is -0.272. The monoisotopic (exact) mass is 280 g/mol. The highest BCUT2D eigenvalue weighted by atomic mass is 19.1. The van der Waals surface area contributed by atoms with Crippen LogP contribution in [0.2, 0.25) is 0 Å². The van der Waals surface area contributed by atoms with Gasteiger partial charge in [-0.05, 0) is 32.0 Å². The van der Waals surface area contributed by atoms with Crippen LogP contribution in [-0.2, 0) is 11.3 Å². The molecule has 0 radical (unpaired) electrons. The third-order valence-corrected chi connectivity index (χ3v) is 3.17. The Bertz CT molecular complexity index is 403. The van der Waals surface area contributed by atoms with Crippen LogP contribution in [-0.4, -0.2) is 30.4 Å². The molecule has 20 heavy (non-hydrogen) atoms. The highest BCUT2D eigenvalue weighted by molar-refractivity contribution is 5.76. The maximum Gasteiger partial charge on any atom is 0.221 e. The standard InChI is InChI=1S/C16H25FN2O/c1-3-10-19(11-4-2)12-9-16(20)18-13-14-7-5-6-8-15(14)17/h5-8H,3-4,9-13H2,1-2H3,(H,18,20). The molecule has 0 aliphatic rings. The van der Waals surface area contributed by atoms with Gasteiger partial charge in [-0.1, -0.05) is 32.0 Å². The normalized spacial score (nSPS) is 10.8. The molecule has 0 spiro atoms. The van der Waals surface area contributed by atoms with Crippen molar-refractivity contribution in [1.29, 1.82) is 0 Å². The molecule has 1 N–H and O–H groups in total. The lowest BCUT2D eigenvalue weighted by atomic mass is 10.2. The van der Waals surface area contributed by atoms with E-state index in [1.54, 1.807) is 18.2 Å². The Labute approximate surface area is 121 Å². The van der Waals surface area contributed by atoms with Crippen molar-refractivity contribution in [3.63, 3.8) is 0 Å². The molecule has 0 saturated carbocycles. The Kier molecular flexibility index (Phi) is 7.88. The first-order chi connectivity index (χ1) is 9.67. The summed E-state index contributed by atoms with van der Waals surface area (Å²) in [7, 11) is 0. The largest absolute Gasteiger partial charge is 0.352 e. The number of hydrogen-bond donors (Lipinski definition) is 1. The van der Waals surface area contributed by atoms with Crippen molar-refractivity contribution in [2.45, 2.75) is 39.7 Å². The van der Waals surface area contributed by atoms with Gasteiger partial charge in [-0.15, -0.1) is 0 Å². The Balaban J connectivity index is 2.31. The van der Waals surface area contributed by atoms with Crippen LogP contribution in [0, 0.1) is 5.82 Å². The summed E-state index contributed by atoms with van der Waals surface area (Å²) in [5, 5.41) is 2.77. The van der Waals surface area contributed by atoms with E-state index in [0.29, 0.717) is 12.0 Å². The maximum absolute atomic E-state index is 13.4. The van der Waals surface area contributed by atoms with E-state index in [0.717, 1.165) is 32.5 Å². The third kappa shape index (κ3) is 6.15. The quantitative estimate of drug-likeness (QED) is 0.754. The van der Waals surface area contributed by atoms with Crippen molar-refractivity contribution in [2.75, 3.05) is 19.6 Å². The molecule has 112 valence electrons. The topological polar surface area (TPSA) is 32.3 Å². The maximum atomic E-state index is 13.4. The second kappa shape index (κ2) is 9.48. The number of halogens is 1. The van der Waals surface area contributed by atoms with E-state index >= 15 is 0 Å². The van der Waals surface area contributed by atoms with E-state index < -0.39 is 0 Å². The SMILES string of the molecule is CCCN(CCC)CCC(=O)NCc1ccccc1F. The zero-order valence-electron chi connectivity index (χ0n) is 12.5. The van der Waals surface area contributed by atoms with Gasteiger partial charge in [-0.2, -0.15) is 0 Å². The lowest BCUT2D eigenvalue weighted by Crippen LogP contribution is -2.31. The van der Waals surface area contributed by atoms with Crippen LogP contribution < -0.4 is 5.32 Å². The fourth-order valence-electron chi connectivity index (χ4n) is 2.15. The summed E-state index contributed by atoms with van der Waals surface area (Å²) in [5.74, 6) is -0.295. The van der Waals surface area contributed by atoms with Crippen LogP contribution in [0.1, 0.15) is 38.7 Å². The van der Waals surface area contributed by atoms with Crippen molar-refractivity contribution >= 4 is 5.91 Å². The first-order valence-electron chi connectivity index (χ1n) is 7.39. The molecule has 4 heteroatoms. The number of nitrogens with zero attached hydrogens (tertiary/aromatic N) is 1. The third-order valence-electron chi connectivity index (χ3n) is 3.17. The van der Waals surface area contributed by atoms with Gasteiger partial charge in [0.05, 0.1) is 0 Å². The first kappa shape index (κ1) is 16.6. The van der Waals surface area contributed by atoms with Crippen LogP contribution >= 0.6 is 0 Å². The lowest BCUT2D eigenvalue weighted by Gasteiger charge is -2.20. The molecular formula is C16H25FN2O. The fraction of sp³-hybridized carbons (Fsp3) is 0.562. The van der Waals surface area contributed by atoms with E-state index in [4.69, 9.17) is 0 Å². The van der Waals surface area contributed by atoms with E-state index in [9.17, 15) is 9.18 Å². The average molecular weight is 280 g/mol. The molecule has 0 heterocycles. The minimum Gasteiger partial charge on any atom is -0.352 e. The second-order valence-corrected chi connectivity index (χ2v) is 4.96. The Hall–Kier alpha value is -1.42. The molecular weight excluding hydrogens is 255 g/mol. The minimum absolute atomic E-state index is 0.0227. The molecule has 0 bridgehead atoms. The molecule has 1 amide bonds. The molecule has 1 rings (SSSR count). The van der Waals surface area contributed by atoms with Gasteiger partial charge in [0.15, 0.2) is 0 Å². The van der Waals surface area contributed by atoms with Gasteiger partial charge in [-0.3, -0.25) is 4.79 Å². The summed E-state index contributed by atoms with van der Waals surface area (Å²) in [4.78, 5) is 14.1. The fourth-order valence-corrected chi connectivity index (χ4v) is 2.15. The van der Waals surface area contributed by atoms with Crippen LogP contribution in [0.15, 0.2) is 24.3 Å². The molecule has 0 atom stereocenters. The van der Waals surface area contributed by atoms with Crippen molar-refractivity contribution < 1.29 is 9.18 Å². The number of rotatable bonds is 9. The Morgan fingerprint density at radius 3 is 2.40 bits per heavy atom. The van der Waals surface area contributed by atoms with Gasteiger partial charge < -0.3 is 10.2 Å². The molecule has 1 aromatic rings. The highest BCUT2D eigenvalue weighted by Gasteiger charge is 2.07. The number of amides is 1. The molecule has 3 nitrogen and oxygen atoms in total. The summed E-state index contributed by atoms with van der Waals surface area (Å²) in [6.07, 6.45) is 2.65. The highest BCUT2D eigenvalue weighted by Crippen LogP contribution is 2.05. The summed E-state index contributed by atoms with van der Waals surface area (Å²) in [6.45, 7) is 7.35. The number of nitrogens with one attached hydrogen (secondary N) is 1. The number of benzene rings is 1. The zero-order chi connectivity index (χ0) is 14.8. The van der Waals surface area contributed by atoms with Gasteiger partial charge in [0.1, 0.15) is 5.82 Å². The van der Waals surface area contributed by atoms with Crippen molar-refractivity contribution in [3.05, 3.63) is 35.6 Å². The second-order valence-electron chi connectivity index (χ2n) is 4.96. The zero-order valence-corrected chi connectivity index (χ0v) is 12.5. The van der Waals surface area contributed by atoms with Gasteiger partial charge in [0.25, 0.3) is 0 Å². The number of carbonyl (C=O) groups is 1. The van der Waals surface area contributed by atoms with Gasteiger partial charge in [0.2, 0.25) is 5.91 Å². The molecule has 1 aromatic carbocycles. The summed E-state index contributed by atoms with van der Waals surface area (Å²) in [5.41, 5.74) is 0.528. The molecule has 0 saturated heterocycles. The van der Waals surface area contributed by atoms with Crippen molar-refractivity contribution in [1.82, 2.24) is 10.2 Å². The van der Waals surface area contributed by atoms with Crippen molar-refractivity contribution in [3.8, 4) is 0 Å². The molecule has 0 aliphatic heterocycles. The molecule has 0 fully saturated rings. The van der Waals surface area contributed by atoms with Gasteiger partial charge >= 0.3 is 0 Å². The Morgan fingerprint density at radius 1 is 1.15 bits per heavy atom. The van der Waals surface area contributed by atoms with E-state index in [2.05, 4.69) is 24.1 Å². The molecule has 0 aromatic heterocycles.